The van der Waals surface area contributed by atoms with Crippen molar-refractivity contribution in [2.24, 2.45) is 0 Å². The Labute approximate surface area is 105 Å². The molecule has 0 atom stereocenters. The number of ketones is 1. The van der Waals surface area contributed by atoms with E-state index in [1.165, 1.54) is 7.11 Å². The molecular weight excluding hydrogens is 249 g/mol. The zero-order valence-corrected chi connectivity index (χ0v) is 10.7. The molecule has 0 fully saturated rings. The maximum Gasteiger partial charge on any atom is 0.178 e. The average Bonchev–Trinajstić information content (AvgIpc) is 2.29. The van der Waals surface area contributed by atoms with E-state index in [0.29, 0.717) is 11.3 Å². The molecule has 1 N–H and O–H groups in total. The molecule has 0 saturated heterocycles. The quantitative estimate of drug-likeness (QED) is 0.829. The molecule has 0 heterocycles. The van der Waals surface area contributed by atoms with Crippen LogP contribution in [0.15, 0.2) is 12.1 Å². The number of benzene rings is 1. The Morgan fingerprint density at radius 2 is 2.06 bits per heavy atom. The van der Waals surface area contributed by atoms with Crippen LogP contribution < -0.4 is 10.1 Å². The van der Waals surface area contributed by atoms with Crippen LogP contribution in [-0.2, 0) is 0 Å². The van der Waals surface area contributed by atoms with Crippen molar-refractivity contribution in [1.82, 2.24) is 5.32 Å². The molecule has 1 aromatic rings. The summed E-state index contributed by atoms with van der Waals surface area (Å²) < 4.78 is 5.00. The second-order valence-corrected chi connectivity index (χ2v) is 3.90. The molecule has 0 bridgehead atoms. The summed E-state index contributed by atoms with van der Waals surface area (Å²) in [6.07, 6.45) is 0. The number of carbonyl (C=O) groups excluding carboxylic acids is 1. The van der Waals surface area contributed by atoms with Gasteiger partial charge in [-0.25, -0.2) is 0 Å². The molecule has 0 amide bonds. The molecule has 1 rings (SSSR count). The number of ether oxygens (including phenoxy) is 1. The topological polar surface area (TPSA) is 38.3 Å². The third-order valence-electron chi connectivity index (χ3n) is 2.10. The lowest BCUT2D eigenvalue weighted by Gasteiger charge is -2.08. The molecule has 0 spiro atoms. The number of halogens is 2. The number of rotatable bonds is 5. The molecule has 0 aliphatic rings. The Hall–Kier alpha value is -0.770. The van der Waals surface area contributed by atoms with Crippen LogP contribution in [0, 0.1) is 0 Å². The fraction of sp³-hybridized carbons (Fsp3) is 0.364. The van der Waals surface area contributed by atoms with E-state index in [2.05, 4.69) is 5.32 Å². The van der Waals surface area contributed by atoms with Gasteiger partial charge >= 0.3 is 0 Å². The summed E-state index contributed by atoms with van der Waals surface area (Å²) in [5.41, 5.74) is 0.411. The van der Waals surface area contributed by atoms with E-state index in [-0.39, 0.29) is 22.4 Å². The van der Waals surface area contributed by atoms with Crippen LogP contribution in [0.25, 0.3) is 0 Å². The molecule has 0 saturated carbocycles. The molecular formula is C11H13Cl2NO2. The number of methoxy groups -OCH3 is 1. The van der Waals surface area contributed by atoms with E-state index in [0.717, 1.165) is 6.54 Å². The van der Waals surface area contributed by atoms with Crippen LogP contribution in [0.1, 0.15) is 17.3 Å². The summed E-state index contributed by atoms with van der Waals surface area (Å²) in [7, 11) is 1.50. The van der Waals surface area contributed by atoms with Crippen molar-refractivity contribution >= 4 is 29.0 Å². The van der Waals surface area contributed by atoms with Gasteiger partial charge in [-0.05, 0) is 18.7 Å². The van der Waals surface area contributed by atoms with Crippen molar-refractivity contribution in [3.8, 4) is 5.75 Å². The normalized spacial score (nSPS) is 10.2. The Morgan fingerprint density at radius 3 is 2.62 bits per heavy atom. The SMILES string of the molecule is CCNCC(=O)c1ccc(OC)c(Cl)c1Cl. The zero-order chi connectivity index (χ0) is 12.1. The van der Waals surface area contributed by atoms with Crippen molar-refractivity contribution in [2.75, 3.05) is 20.2 Å². The van der Waals surface area contributed by atoms with Crippen LogP contribution in [0.4, 0.5) is 0 Å². The number of Topliss-reactive ketones (excluding diaryl/α,β-unsaturated/α-hetero) is 1. The fourth-order valence-electron chi connectivity index (χ4n) is 1.24. The summed E-state index contributed by atoms with van der Waals surface area (Å²) in [6.45, 7) is 2.90. The van der Waals surface area contributed by atoms with Crippen molar-refractivity contribution in [3.63, 3.8) is 0 Å². The summed E-state index contributed by atoms with van der Waals surface area (Å²) in [5, 5.41) is 3.45. The third kappa shape index (κ3) is 2.88. The maximum absolute atomic E-state index is 11.7. The van der Waals surface area contributed by atoms with Crippen molar-refractivity contribution in [2.45, 2.75) is 6.92 Å². The standard InChI is InChI=1S/C11H13Cl2NO2/c1-3-14-6-8(15)7-4-5-9(16-2)11(13)10(7)12/h4-5,14H,3,6H2,1-2H3. The fourth-order valence-corrected chi connectivity index (χ4v) is 1.74. The maximum atomic E-state index is 11.7. The lowest BCUT2D eigenvalue weighted by atomic mass is 10.1. The minimum absolute atomic E-state index is 0.0867. The molecule has 0 radical (unpaired) electrons. The van der Waals surface area contributed by atoms with Gasteiger partial charge in [-0.15, -0.1) is 0 Å². The van der Waals surface area contributed by atoms with Gasteiger partial charge in [0.15, 0.2) is 5.78 Å². The van der Waals surface area contributed by atoms with Gasteiger partial charge in [0.1, 0.15) is 10.8 Å². The lowest BCUT2D eigenvalue weighted by molar-refractivity contribution is 0.0992. The van der Waals surface area contributed by atoms with Crippen molar-refractivity contribution in [3.05, 3.63) is 27.7 Å². The highest BCUT2D eigenvalue weighted by atomic mass is 35.5. The first-order valence-electron chi connectivity index (χ1n) is 4.87. The predicted molar refractivity (Wildman–Crippen MR) is 65.9 cm³/mol. The van der Waals surface area contributed by atoms with Crippen LogP contribution in [0.5, 0.6) is 5.75 Å². The van der Waals surface area contributed by atoms with Crippen molar-refractivity contribution in [1.29, 1.82) is 0 Å². The highest BCUT2D eigenvalue weighted by Crippen LogP contribution is 2.34. The van der Waals surface area contributed by atoms with Gasteiger partial charge in [0.25, 0.3) is 0 Å². The molecule has 16 heavy (non-hydrogen) atoms. The second kappa shape index (κ2) is 6.09. The summed E-state index contributed by atoms with van der Waals surface area (Å²) in [4.78, 5) is 11.7. The van der Waals surface area contributed by atoms with E-state index < -0.39 is 0 Å². The third-order valence-corrected chi connectivity index (χ3v) is 2.97. The number of likely N-dealkylation sites (N-methyl/N-ethyl adjacent to an activating group) is 1. The lowest BCUT2D eigenvalue weighted by Crippen LogP contribution is -2.22. The summed E-state index contributed by atoms with van der Waals surface area (Å²) >= 11 is 11.9. The Balaban J connectivity index is 2.98. The predicted octanol–water partition coefficient (Wildman–Crippen LogP) is 2.79. The van der Waals surface area contributed by atoms with Gasteiger partial charge in [0.05, 0.1) is 18.7 Å². The van der Waals surface area contributed by atoms with Crippen LogP contribution in [-0.4, -0.2) is 26.0 Å². The average molecular weight is 262 g/mol. The van der Waals surface area contributed by atoms with Gasteiger partial charge in [0.2, 0.25) is 0 Å². The van der Waals surface area contributed by atoms with Crippen LogP contribution in [0.3, 0.4) is 0 Å². The first kappa shape index (κ1) is 13.3. The van der Waals surface area contributed by atoms with Crippen LogP contribution >= 0.6 is 23.2 Å². The van der Waals surface area contributed by atoms with E-state index in [1.54, 1.807) is 12.1 Å². The number of hydrogen-bond acceptors (Lipinski definition) is 3. The molecule has 0 aromatic heterocycles. The molecule has 0 aliphatic heterocycles. The molecule has 0 unspecified atom stereocenters. The molecule has 5 heteroatoms. The molecule has 88 valence electrons. The van der Waals surface area contributed by atoms with E-state index in [1.807, 2.05) is 6.92 Å². The van der Waals surface area contributed by atoms with Crippen molar-refractivity contribution < 1.29 is 9.53 Å². The first-order chi connectivity index (χ1) is 7.61. The largest absolute Gasteiger partial charge is 0.495 e. The van der Waals surface area contributed by atoms with Gasteiger partial charge in [0, 0.05) is 5.56 Å². The smallest absolute Gasteiger partial charge is 0.178 e. The number of nitrogens with one attached hydrogen (secondary N) is 1. The molecule has 1 aromatic carbocycles. The minimum atomic E-state index is -0.0867. The second-order valence-electron chi connectivity index (χ2n) is 3.15. The monoisotopic (exact) mass is 261 g/mol. The Kier molecular flexibility index (Phi) is 5.06. The Morgan fingerprint density at radius 1 is 1.38 bits per heavy atom. The molecule has 0 aliphatic carbocycles. The van der Waals surface area contributed by atoms with Crippen LogP contribution in [0.2, 0.25) is 10.0 Å². The van der Waals surface area contributed by atoms with Gasteiger partial charge in [-0.3, -0.25) is 4.79 Å². The first-order valence-corrected chi connectivity index (χ1v) is 5.63. The minimum Gasteiger partial charge on any atom is -0.495 e. The number of hydrogen-bond donors (Lipinski definition) is 1. The van der Waals surface area contributed by atoms with Gasteiger partial charge < -0.3 is 10.1 Å². The number of carbonyl (C=O) groups is 1. The summed E-state index contributed by atoms with van der Waals surface area (Å²) in [6, 6.07) is 3.25. The van der Waals surface area contributed by atoms with Gasteiger partial charge in [-0.1, -0.05) is 30.1 Å². The zero-order valence-electron chi connectivity index (χ0n) is 9.14. The van der Waals surface area contributed by atoms with Gasteiger partial charge in [-0.2, -0.15) is 0 Å². The van der Waals surface area contributed by atoms with E-state index >= 15 is 0 Å². The Bertz CT molecular complexity index is 394. The van der Waals surface area contributed by atoms with E-state index in [9.17, 15) is 4.79 Å². The highest BCUT2D eigenvalue weighted by molar-refractivity contribution is 6.44. The summed E-state index contributed by atoms with van der Waals surface area (Å²) in [5.74, 6) is 0.378. The highest BCUT2D eigenvalue weighted by Gasteiger charge is 2.15. The molecule has 3 nitrogen and oxygen atoms in total. The van der Waals surface area contributed by atoms with E-state index in [4.69, 9.17) is 27.9 Å².